The molecule has 2 nitrogen and oxygen atoms in total. The van der Waals surface area contributed by atoms with Crippen molar-refractivity contribution in [2.24, 2.45) is 5.92 Å². The first-order chi connectivity index (χ1) is 16.2. The largest absolute Gasteiger partial charge is 0.401 e. The van der Waals surface area contributed by atoms with Gasteiger partial charge in [-0.3, -0.25) is 0 Å². The van der Waals surface area contributed by atoms with Gasteiger partial charge in [-0.15, -0.1) is 0 Å². The van der Waals surface area contributed by atoms with Crippen molar-refractivity contribution in [3.63, 3.8) is 0 Å². The molecular weight excluding hydrogens is 420 g/mol. The van der Waals surface area contributed by atoms with Crippen LogP contribution in [0.4, 0.5) is 0 Å². The lowest BCUT2D eigenvalue weighted by Crippen LogP contribution is -2.69. The van der Waals surface area contributed by atoms with Crippen molar-refractivity contribution in [2.45, 2.75) is 25.6 Å². The van der Waals surface area contributed by atoms with E-state index in [1.165, 1.54) is 21.1 Å². The van der Waals surface area contributed by atoms with Crippen LogP contribution in [0, 0.1) is 5.92 Å². The van der Waals surface area contributed by atoms with Crippen LogP contribution in [0.2, 0.25) is 0 Å². The highest BCUT2D eigenvalue weighted by Crippen LogP contribution is 2.50. The molecule has 33 heavy (non-hydrogen) atoms. The summed E-state index contributed by atoms with van der Waals surface area (Å²) in [6.45, 7) is 4.97. The number of hydrogen-bond donors (Lipinski definition) is 0. The Morgan fingerprint density at radius 1 is 0.667 bits per heavy atom. The molecule has 1 heterocycles. The summed E-state index contributed by atoms with van der Waals surface area (Å²) < 4.78 is 13.7. The molecule has 0 bridgehead atoms. The van der Waals surface area contributed by atoms with Crippen LogP contribution in [0.15, 0.2) is 121 Å². The molecule has 0 radical (unpaired) electrons. The molecular formula is C30H30O2Si. The van der Waals surface area contributed by atoms with E-state index in [1.807, 2.05) is 0 Å². The summed E-state index contributed by atoms with van der Waals surface area (Å²) in [5, 5.41) is 3.73. The van der Waals surface area contributed by atoms with Gasteiger partial charge < -0.3 is 9.16 Å². The third kappa shape index (κ3) is 3.97. The molecule has 0 spiro atoms. The summed E-state index contributed by atoms with van der Waals surface area (Å²) in [6.07, 6.45) is 0.147. The summed E-state index contributed by atoms with van der Waals surface area (Å²) in [5.74, 6) is 0.412. The summed E-state index contributed by atoms with van der Waals surface area (Å²) in [7, 11) is -2.77. The van der Waals surface area contributed by atoms with E-state index < -0.39 is 13.9 Å². The summed E-state index contributed by atoms with van der Waals surface area (Å²) in [4.78, 5) is 0. The summed E-state index contributed by atoms with van der Waals surface area (Å²) in [6, 6.07) is 42.8. The molecule has 0 N–H and O–H groups in total. The highest BCUT2D eigenvalue weighted by Gasteiger charge is 2.60. The molecule has 0 unspecified atom stereocenters. The Labute approximate surface area is 198 Å². The molecule has 0 aromatic heterocycles. The molecule has 1 aliphatic heterocycles. The molecule has 1 saturated heterocycles. The van der Waals surface area contributed by atoms with E-state index in [4.69, 9.17) is 9.16 Å². The average Bonchev–Trinajstić information content (AvgIpc) is 3.63. The maximum absolute atomic E-state index is 7.26. The average molecular weight is 451 g/mol. The lowest BCUT2D eigenvalue weighted by Gasteiger charge is -2.34. The van der Waals surface area contributed by atoms with Crippen molar-refractivity contribution in [1.29, 1.82) is 0 Å². The van der Waals surface area contributed by atoms with Gasteiger partial charge in [-0.2, -0.15) is 0 Å². The second-order valence-corrected chi connectivity index (χ2v) is 12.5. The van der Waals surface area contributed by atoms with Gasteiger partial charge in [0, 0.05) is 0 Å². The second-order valence-electron chi connectivity index (χ2n) is 9.11. The molecule has 166 valence electrons. The minimum atomic E-state index is -2.77. The fraction of sp³-hybridized carbons (Fsp3) is 0.200. The maximum Gasteiger partial charge on any atom is 0.288 e. The topological polar surface area (TPSA) is 21.8 Å². The third-order valence-corrected chi connectivity index (χ3v) is 10.7. The van der Waals surface area contributed by atoms with Crippen molar-refractivity contribution in [2.75, 3.05) is 6.61 Å². The minimum Gasteiger partial charge on any atom is -0.401 e. The van der Waals surface area contributed by atoms with Crippen LogP contribution < -0.4 is 15.6 Å². The Bertz CT molecular complexity index is 1070. The second kappa shape index (κ2) is 9.10. The van der Waals surface area contributed by atoms with Crippen molar-refractivity contribution < 1.29 is 9.16 Å². The van der Waals surface area contributed by atoms with E-state index >= 15 is 0 Å². The van der Waals surface area contributed by atoms with E-state index in [1.54, 1.807) is 0 Å². The first-order valence-electron chi connectivity index (χ1n) is 11.7. The number of epoxide rings is 1. The molecule has 5 rings (SSSR count). The monoisotopic (exact) mass is 450 g/mol. The van der Waals surface area contributed by atoms with Crippen LogP contribution in [0.1, 0.15) is 19.4 Å². The van der Waals surface area contributed by atoms with Crippen molar-refractivity contribution >= 4 is 23.9 Å². The molecule has 2 atom stereocenters. The Hall–Kier alpha value is -2.98. The highest BCUT2D eigenvalue weighted by molar-refractivity contribution is 7.07. The van der Waals surface area contributed by atoms with Gasteiger partial charge in [0.15, 0.2) is 0 Å². The van der Waals surface area contributed by atoms with Crippen molar-refractivity contribution in [1.82, 2.24) is 0 Å². The fourth-order valence-corrected chi connectivity index (χ4v) is 8.92. The van der Waals surface area contributed by atoms with Gasteiger partial charge in [-0.25, -0.2) is 0 Å². The van der Waals surface area contributed by atoms with Crippen LogP contribution in [0.3, 0.4) is 0 Å². The van der Waals surface area contributed by atoms with Crippen molar-refractivity contribution in [3.05, 3.63) is 127 Å². The maximum atomic E-state index is 7.26. The third-order valence-electron chi connectivity index (χ3n) is 6.65. The molecule has 3 heteroatoms. The first-order valence-corrected chi connectivity index (χ1v) is 13.6. The van der Waals surface area contributed by atoms with Crippen LogP contribution in [-0.2, 0) is 14.8 Å². The Kier molecular flexibility index (Phi) is 6.03. The lowest BCUT2D eigenvalue weighted by molar-refractivity contribution is 0.188. The van der Waals surface area contributed by atoms with Crippen LogP contribution in [-0.4, -0.2) is 21.0 Å². The van der Waals surface area contributed by atoms with Crippen molar-refractivity contribution in [3.8, 4) is 0 Å². The predicted octanol–water partition coefficient (Wildman–Crippen LogP) is 4.62. The smallest absolute Gasteiger partial charge is 0.288 e. The number of benzene rings is 4. The molecule has 4 aromatic carbocycles. The standard InChI is InChI=1S/C30H30O2Si/c1-24(2)29-30(32-29,25-15-7-3-8-16-25)23-31-33(26-17-9-4-10-18-26,27-19-11-5-12-20-27)28-21-13-6-14-22-28/h3-22,24,29H,23H2,1-2H3/t29-,30+/m0/s1. The fourth-order valence-electron chi connectivity index (χ4n) is 5.00. The molecule has 0 aliphatic carbocycles. The predicted molar refractivity (Wildman–Crippen MR) is 138 cm³/mol. The van der Waals surface area contributed by atoms with E-state index in [9.17, 15) is 0 Å². The van der Waals surface area contributed by atoms with Gasteiger partial charge in [-0.05, 0) is 27.0 Å². The lowest BCUT2D eigenvalue weighted by atomic mass is 9.91. The number of rotatable bonds is 8. The molecule has 4 aromatic rings. The van der Waals surface area contributed by atoms with Crippen LogP contribution in [0.25, 0.3) is 0 Å². The number of ether oxygens (including phenoxy) is 1. The minimum absolute atomic E-state index is 0.147. The molecule has 0 saturated carbocycles. The SMILES string of the molecule is CC(C)[C@@H]1O[C@]1(CO[Si](c1ccccc1)(c1ccccc1)c1ccccc1)c1ccccc1. The summed E-state index contributed by atoms with van der Waals surface area (Å²) in [5.41, 5.74) is 0.784. The van der Waals surface area contributed by atoms with Gasteiger partial charge in [0.05, 0.1) is 12.7 Å². The Morgan fingerprint density at radius 2 is 1.06 bits per heavy atom. The van der Waals surface area contributed by atoms with Gasteiger partial charge in [-0.1, -0.05) is 135 Å². The van der Waals surface area contributed by atoms with Crippen LogP contribution in [0.5, 0.6) is 0 Å². The van der Waals surface area contributed by atoms with E-state index in [0.717, 1.165) is 0 Å². The van der Waals surface area contributed by atoms with Gasteiger partial charge in [0.2, 0.25) is 0 Å². The van der Waals surface area contributed by atoms with Crippen LogP contribution >= 0.6 is 0 Å². The molecule has 1 aliphatic rings. The van der Waals surface area contributed by atoms with Gasteiger partial charge in [0.1, 0.15) is 5.60 Å². The molecule has 0 amide bonds. The zero-order valence-electron chi connectivity index (χ0n) is 19.2. The van der Waals surface area contributed by atoms with E-state index in [0.29, 0.717) is 12.5 Å². The Morgan fingerprint density at radius 3 is 1.42 bits per heavy atom. The Balaban J connectivity index is 1.64. The van der Waals surface area contributed by atoms with E-state index in [2.05, 4.69) is 135 Å². The number of hydrogen-bond acceptors (Lipinski definition) is 2. The zero-order valence-corrected chi connectivity index (χ0v) is 20.2. The quantitative estimate of drug-likeness (QED) is 0.222. The zero-order chi connectivity index (χ0) is 22.7. The van der Waals surface area contributed by atoms with E-state index in [-0.39, 0.29) is 6.10 Å². The van der Waals surface area contributed by atoms with Gasteiger partial charge >= 0.3 is 0 Å². The normalized spacial score (nSPS) is 20.0. The van der Waals surface area contributed by atoms with Gasteiger partial charge in [0.25, 0.3) is 8.32 Å². The molecule has 1 fully saturated rings. The first kappa shape index (κ1) is 21.8. The summed E-state index contributed by atoms with van der Waals surface area (Å²) >= 11 is 0. The highest BCUT2D eigenvalue weighted by atomic mass is 28.4.